The highest BCUT2D eigenvalue weighted by atomic mass is 127. The number of nitrogens with zero attached hydrogens (tertiary/aromatic N) is 1. The van der Waals surface area contributed by atoms with Gasteiger partial charge in [0.1, 0.15) is 5.75 Å². The highest BCUT2D eigenvalue weighted by Crippen LogP contribution is 2.12. The molecular weight excluding hydrogens is 491 g/mol. The third-order valence-corrected chi connectivity index (χ3v) is 4.81. The van der Waals surface area contributed by atoms with Crippen molar-refractivity contribution in [1.82, 2.24) is 10.6 Å². The maximum atomic E-state index is 11.3. The first-order valence-corrected chi connectivity index (χ1v) is 10.2. The van der Waals surface area contributed by atoms with E-state index in [-0.39, 0.29) is 28.9 Å². The predicted molar refractivity (Wildman–Crippen MR) is 123 cm³/mol. The number of hydrogen-bond donors (Lipinski definition) is 3. The molecule has 0 aliphatic rings. The Morgan fingerprint density at radius 1 is 1.04 bits per heavy atom. The predicted octanol–water partition coefficient (Wildman–Crippen LogP) is 2.26. The first-order chi connectivity index (χ1) is 12.9. The van der Waals surface area contributed by atoms with Crippen molar-refractivity contribution in [2.45, 2.75) is 24.8 Å². The molecule has 0 aliphatic heterocycles. The lowest BCUT2D eigenvalue weighted by Gasteiger charge is -2.11. The van der Waals surface area contributed by atoms with Crippen LogP contribution in [0.15, 0.2) is 58.4 Å². The summed E-state index contributed by atoms with van der Waals surface area (Å²) in [6.45, 7) is 4.00. The highest BCUT2D eigenvalue weighted by molar-refractivity contribution is 14.0. The van der Waals surface area contributed by atoms with Crippen LogP contribution in [0.5, 0.6) is 5.75 Å². The average Bonchev–Trinajstić information content (AvgIpc) is 2.66. The van der Waals surface area contributed by atoms with Gasteiger partial charge < -0.3 is 15.4 Å². The molecule has 0 bridgehead atoms. The quantitative estimate of drug-likeness (QED) is 0.283. The molecule has 0 aromatic heterocycles. The molecule has 0 unspecified atom stereocenters. The fourth-order valence-electron chi connectivity index (χ4n) is 2.41. The molecule has 2 aromatic rings. The molecule has 7 nitrogen and oxygen atoms in total. The molecule has 154 valence electrons. The van der Waals surface area contributed by atoms with E-state index in [1.54, 1.807) is 19.2 Å². The molecule has 0 heterocycles. The molecule has 28 heavy (non-hydrogen) atoms. The lowest BCUT2D eigenvalue weighted by Crippen LogP contribution is -2.38. The fourth-order valence-corrected chi connectivity index (χ4v) is 2.93. The van der Waals surface area contributed by atoms with Gasteiger partial charge in [-0.1, -0.05) is 24.3 Å². The third-order valence-electron chi connectivity index (χ3n) is 3.88. The standard InChI is InChI=1S/C19H26N4O3S.HI/c1-3-21-19(23-14-16-4-8-17(26-2)9-5-16)22-13-12-15-6-10-18(11-7-15)27(20,24)25;/h4-11H,3,12-14H2,1-2H3,(H2,20,24,25)(H2,21,22,23);1H. The summed E-state index contributed by atoms with van der Waals surface area (Å²) < 4.78 is 27.7. The third kappa shape index (κ3) is 8.03. The van der Waals surface area contributed by atoms with Crippen molar-refractivity contribution in [3.8, 4) is 5.75 Å². The fraction of sp³-hybridized carbons (Fsp3) is 0.316. The number of nitrogens with one attached hydrogen (secondary N) is 2. The molecule has 9 heteroatoms. The van der Waals surface area contributed by atoms with Crippen LogP contribution < -0.4 is 20.5 Å². The van der Waals surface area contributed by atoms with E-state index in [1.807, 2.05) is 31.2 Å². The lowest BCUT2D eigenvalue weighted by atomic mass is 10.1. The number of benzene rings is 2. The molecule has 0 spiro atoms. The largest absolute Gasteiger partial charge is 0.497 e. The number of rotatable bonds is 8. The van der Waals surface area contributed by atoms with E-state index in [9.17, 15) is 8.42 Å². The minimum absolute atomic E-state index is 0. The monoisotopic (exact) mass is 518 g/mol. The molecule has 4 N–H and O–H groups in total. The number of halogens is 1. The van der Waals surface area contributed by atoms with Crippen LogP contribution in [0, 0.1) is 0 Å². The van der Waals surface area contributed by atoms with E-state index in [1.165, 1.54) is 12.1 Å². The SMILES string of the molecule is CCNC(=NCc1ccc(OC)cc1)NCCc1ccc(S(N)(=O)=O)cc1.I. The Morgan fingerprint density at radius 3 is 2.18 bits per heavy atom. The van der Waals surface area contributed by atoms with Crippen molar-refractivity contribution in [3.63, 3.8) is 0 Å². The zero-order valence-corrected chi connectivity index (χ0v) is 19.2. The minimum Gasteiger partial charge on any atom is -0.497 e. The smallest absolute Gasteiger partial charge is 0.238 e. The van der Waals surface area contributed by atoms with Gasteiger partial charge in [-0.3, -0.25) is 0 Å². The minimum atomic E-state index is -3.65. The first-order valence-electron chi connectivity index (χ1n) is 8.69. The van der Waals surface area contributed by atoms with Crippen LogP contribution in [0.25, 0.3) is 0 Å². The summed E-state index contributed by atoms with van der Waals surface area (Å²) in [5.41, 5.74) is 2.10. The number of nitrogens with two attached hydrogens (primary N) is 1. The van der Waals surface area contributed by atoms with Crippen molar-refractivity contribution in [2.24, 2.45) is 10.1 Å². The number of methoxy groups -OCH3 is 1. The van der Waals surface area contributed by atoms with Gasteiger partial charge in [0.2, 0.25) is 10.0 Å². The summed E-state index contributed by atoms with van der Waals surface area (Å²) in [5.74, 6) is 1.55. The van der Waals surface area contributed by atoms with Gasteiger partial charge in [0.15, 0.2) is 5.96 Å². The number of ether oxygens (including phenoxy) is 1. The molecule has 2 rings (SSSR count). The van der Waals surface area contributed by atoms with Crippen molar-refractivity contribution < 1.29 is 13.2 Å². The Morgan fingerprint density at radius 2 is 1.64 bits per heavy atom. The van der Waals surface area contributed by atoms with Gasteiger partial charge in [-0.25, -0.2) is 18.5 Å². The van der Waals surface area contributed by atoms with Crippen LogP contribution in [0.2, 0.25) is 0 Å². The van der Waals surface area contributed by atoms with Gasteiger partial charge in [0.25, 0.3) is 0 Å². The van der Waals surface area contributed by atoms with Crippen molar-refractivity contribution in [2.75, 3.05) is 20.2 Å². The number of sulfonamides is 1. The Kier molecular flexibility index (Phi) is 10.3. The summed E-state index contributed by atoms with van der Waals surface area (Å²) in [4.78, 5) is 4.69. The molecule has 0 aliphatic carbocycles. The summed E-state index contributed by atoms with van der Waals surface area (Å²) >= 11 is 0. The zero-order chi connectivity index (χ0) is 19.7. The van der Waals surface area contributed by atoms with Crippen molar-refractivity contribution >= 4 is 40.0 Å². The normalized spacial score (nSPS) is 11.5. The van der Waals surface area contributed by atoms with E-state index in [4.69, 9.17) is 9.88 Å². The molecule has 0 radical (unpaired) electrons. The number of guanidine groups is 1. The maximum absolute atomic E-state index is 11.3. The summed E-state index contributed by atoms with van der Waals surface area (Å²) in [7, 11) is -2.01. The molecule has 0 fully saturated rings. The summed E-state index contributed by atoms with van der Waals surface area (Å²) in [6, 6.07) is 14.4. The van der Waals surface area contributed by atoms with Crippen LogP contribution in [-0.2, 0) is 23.0 Å². The van der Waals surface area contributed by atoms with E-state index in [2.05, 4.69) is 15.6 Å². The second kappa shape index (κ2) is 11.9. The lowest BCUT2D eigenvalue weighted by molar-refractivity contribution is 0.414. The number of primary sulfonamides is 1. The number of hydrogen-bond acceptors (Lipinski definition) is 4. The van der Waals surface area contributed by atoms with Crippen molar-refractivity contribution in [3.05, 3.63) is 59.7 Å². The van der Waals surface area contributed by atoms with E-state index in [0.29, 0.717) is 13.1 Å². The van der Waals surface area contributed by atoms with Crippen LogP contribution in [0.4, 0.5) is 0 Å². The average molecular weight is 518 g/mol. The topological polar surface area (TPSA) is 106 Å². The van der Waals surface area contributed by atoms with Gasteiger partial charge in [-0.15, -0.1) is 24.0 Å². The maximum Gasteiger partial charge on any atom is 0.238 e. The Hall–Kier alpha value is -1.85. The highest BCUT2D eigenvalue weighted by Gasteiger charge is 2.06. The molecular formula is C19H27IN4O3S. The molecule has 0 amide bonds. The summed E-state index contributed by atoms with van der Waals surface area (Å²) in [5, 5.41) is 11.6. The van der Waals surface area contributed by atoms with Gasteiger partial charge in [0, 0.05) is 13.1 Å². The van der Waals surface area contributed by atoms with Gasteiger partial charge in [-0.05, 0) is 48.7 Å². The second-order valence-corrected chi connectivity index (χ2v) is 7.47. The van der Waals surface area contributed by atoms with E-state index in [0.717, 1.165) is 35.8 Å². The van der Waals surface area contributed by atoms with Crippen LogP contribution in [0.1, 0.15) is 18.1 Å². The van der Waals surface area contributed by atoms with Gasteiger partial charge in [-0.2, -0.15) is 0 Å². The first kappa shape index (κ1) is 24.2. The molecule has 0 atom stereocenters. The summed E-state index contributed by atoms with van der Waals surface area (Å²) in [6.07, 6.45) is 0.734. The van der Waals surface area contributed by atoms with Gasteiger partial charge in [0.05, 0.1) is 18.6 Å². The molecule has 0 saturated carbocycles. The van der Waals surface area contributed by atoms with Crippen LogP contribution in [-0.4, -0.2) is 34.6 Å². The van der Waals surface area contributed by atoms with Crippen LogP contribution >= 0.6 is 24.0 Å². The zero-order valence-electron chi connectivity index (χ0n) is 16.0. The second-order valence-electron chi connectivity index (χ2n) is 5.91. The van der Waals surface area contributed by atoms with E-state index < -0.39 is 10.0 Å². The van der Waals surface area contributed by atoms with Gasteiger partial charge >= 0.3 is 0 Å². The van der Waals surface area contributed by atoms with Crippen molar-refractivity contribution in [1.29, 1.82) is 0 Å². The van der Waals surface area contributed by atoms with E-state index >= 15 is 0 Å². The Labute approximate surface area is 183 Å². The molecule has 0 saturated heterocycles. The van der Waals surface area contributed by atoms with Crippen LogP contribution in [0.3, 0.4) is 0 Å². The Bertz CT molecular complexity index is 854. The molecule has 2 aromatic carbocycles. The number of aliphatic imine (C=N–C) groups is 1. The Balaban J connectivity index is 0.00000392.